The number of fused-ring (bicyclic) bond motifs is 6. The van der Waals surface area contributed by atoms with Gasteiger partial charge in [-0.2, -0.15) is 0 Å². The Kier molecular flexibility index (Phi) is 7.34. The van der Waals surface area contributed by atoms with Gasteiger partial charge in [0.15, 0.2) is 11.6 Å². The average Bonchev–Trinajstić information content (AvgIpc) is 3.79. The Morgan fingerprint density at radius 1 is 0.446 bits per heavy atom. The lowest BCUT2D eigenvalue weighted by Crippen LogP contribution is -2.31. The molecule has 1 heterocycles. The summed E-state index contributed by atoms with van der Waals surface area (Å²) in [5.74, 6) is 1.64. The zero-order chi connectivity index (χ0) is 37.4. The topological polar surface area (TPSA) is 30.7 Å². The van der Waals surface area contributed by atoms with Crippen LogP contribution in [-0.4, -0.2) is 14.8 Å². The molecule has 0 bridgehead atoms. The van der Waals surface area contributed by atoms with Crippen molar-refractivity contribution in [2.45, 2.75) is 32.1 Å². The largest absolute Gasteiger partial charge is 0.275 e. The lowest BCUT2D eigenvalue weighted by molar-refractivity contribution is 0.661. The molecule has 0 spiro atoms. The SMILES string of the molecule is CC1(C)c2ccccc2-c2cc3c(-c4ccc5ccccc5c4)c4c(c(-c5ccc(-c6nnc(-c7ccccc7)n6-c6ccccc6)cc5)c3cc21)=CCCC=4. The van der Waals surface area contributed by atoms with E-state index in [1.165, 1.54) is 76.5 Å². The minimum atomic E-state index is -0.117. The molecular formula is C53H39N3. The van der Waals surface area contributed by atoms with Crippen molar-refractivity contribution in [1.82, 2.24) is 14.8 Å². The van der Waals surface area contributed by atoms with Gasteiger partial charge in [0.2, 0.25) is 0 Å². The summed E-state index contributed by atoms with van der Waals surface area (Å²) in [6.45, 7) is 4.76. The third-order valence-corrected chi connectivity index (χ3v) is 12.1. The van der Waals surface area contributed by atoms with E-state index in [-0.39, 0.29) is 5.41 Å². The quantitative estimate of drug-likeness (QED) is 0.177. The predicted octanol–water partition coefficient (Wildman–Crippen LogP) is 11.9. The van der Waals surface area contributed by atoms with E-state index in [2.05, 4.69) is 170 Å². The molecular weight excluding hydrogens is 679 g/mol. The lowest BCUT2D eigenvalue weighted by Gasteiger charge is -2.24. The van der Waals surface area contributed by atoms with Gasteiger partial charge in [-0.15, -0.1) is 10.2 Å². The van der Waals surface area contributed by atoms with Gasteiger partial charge in [0.25, 0.3) is 0 Å². The van der Waals surface area contributed by atoms with E-state index in [0.717, 1.165) is 41.3 Å². The minimum Gasteiger partial charge on any atom is -0.275 e. The van der Waals surface area contributed by atoms with Crippen LogP contribution in [0.4, 0.5) is 0 Å². The zero-order valence-electron chi connectivity index (χ0n) is 31.5. The van der Waals surface area contributed by atoms with Crippen LogP contribution < -0.4 is 10.4 Å². The van der Waals surface area contributed by atoms with Crippen molar-refractivity contribution in [3.63, 3.8) is 0 Å². The maximum Gasteiger partial charge on any atom is 0.168 e. The van der Waals surface area contributed by atoms with Gasteiger partial charge in [-0.25, -0.2) is 0 Å². The fourth-order valence-electron chi connectivity index (χ4n) is 9.42. The predicted molar refractivity (Wildman–Crippen MR) is 233 cm³/mol. The highest BCUT2D eigenvalue weighted by Gasteiger charge is 2.36. The number of aromatic nitrogens is 3. The number of hydrogen-bond donors (Lipinski definition) is 0. The Morgan fingerprint density at radius 2 is 1.00 bits per heavy atom. The van der Waals surface area contributed by atoms with Crippen molar-refractivity contribution >= 4 is 33.7 Å². The van der Waals surface area contributed by atoms with Crippen LogP contribution in [0.5, 0.6) is 0 Å². The van der Waals surface area contributed by atoms with Crippen LogP contribution in [0.3, 0.4) is 0 Å². The maximum absolute atomic E-state index is 4.81. The lowest BCUT2D eigenvalue weighted by atomic mass is 9.79. The summed E-state index contributed by atoms with van der Waals surface area (Å²) in [4.78, 5) is 0. The van der Waals surface area contributed by atoms with Gasteiger partial charge in [-0.3, -0.25) is 4.57 Å². The van der Waals surface area contributed by atoms with Crippen molar-refractivity contribution in [2.75, 3.05) is 0 Å². The average molecular weight is 718 g/mol. The molecule has 1 aromatic heterocycles. The van der Waals surface area contributed by atoms with Crippen molar-refractivity contribution < 1.29 is 0 Å². The van der Waals surface area contributed by atoms with E-state index in [0.29, 0.717) is 0 Å². The van der Waals surface area contributed by atoms with E-state index in [4.69, 9.17) is 10.2 Å². The Bertz CT molecular complexity index is 3140. The number of hydrogen-bond acceptors (Lipinski definition) is 2. The van der Waals surface area contributed by atoms with E-state index >= 15 is 0 Å². The summed E-state index contributed by atoms with van der Waals surface area (Å²) in [6.07, 6.45) is 7.01. The minimum absolute atomic E-state index is 0.117. The highest BCUT2D eigenvalue weighted by Crippen LogP contribution is 2.51. The van der Waals surface area contributed by atoms with Crippen LogP contribution in [0.1, 0.15) is 37.8 Å². The van der Waals surface area contributed by atoms with Gasteiger partial charge in [0.05, 0.1) is 0 Å². The molecule has 9 aromatic rings. The molecule has 0 radical (unpaired) electrons. The van der Waals surface area contributed by atoms with Crippen molar-refractivity contribution in [3.8, 4) is 61.8 Å². The highest BCUT2D eigenvalue weighted by atomic mass is 15.3. The molecule has 266 valence electrons. The van der Waals surface area contributed by atoms with Crippen LogP contribution in [0.2, 0.25) is 0 Å². The molecule has 11 rings (SSSR count). The molecule has 8 aromatic carbocycles. The second-order valence-corrected chi connectivity index (χ2v) is 15.7. The first kappa shape index (κ1) is 32.6. The monoisotopic (exact) mass is 717 g/mol. The summed E-state index contributed by atoms with van der Waals surface area (Å²) >= 11 is 0. The maximum atomic E-state index is 4.81. The summed E-state index contributed by atoms with van der Waals surface area (Å²) < 4.78 is 2.17. The van der Waals surface area contributed by atoms with E-state index in [9.17, 15) is 0 Å². The van der Waals surface area contributed by atoms with Gasteiger partial charge in [0.1, 0.15) is 0 Å². The molecule has 3 nitrogen and oxygen atoms in total. The molecule has 0 saturated heterocycles. The second-order valence-electron chi connectivity index (χ2n) is 15.7. The molecule has 56 heavy (non-hydrogen) atoms. The van der Waals surface area contributed by atoms with Crippen molar-refractivity contribution in [3.05, 3.63) is 185 Å². The Hall–Kier alpha value is -6.84. The summed E-state index contributed by atoms with van der Waals surface area (Å²) in [5.41, 5.74) is 13.5. The van der Waals surface area contributed by atoms with E-state index in [1.54, 1.807) is 0 Å². The Balaban J connectivity index is 1.16. The molecule has 3 heteroatoms. The molecule has 0 N–H and O–H groups in total. The first-order valence-electron chi connectivity index (χ1n) is 19.7. The molecule has 0 fully saturated rings. The number of benzene rings is 8. The third-order valence-electron chi connectivity index (χ3n) is 12.1. The van der Waals surface area contributed by atoms with Crippen LogP contribution in [0, 0.1) is 0 Å². The van der Waals surface area contributed by atoms with Gasteiger partial charge in [-0.05, 0) is 120 Å². The number of rotatable bonds is 5. The van der Waals surface area contributed by atoms with Gasteiger partial charge >= 0.3 is 0 Å². The third kappa shape index (κ3) is 4.97. The van der Waals surface area contributed by atoms with Crippen LogP contribution in [-0.2, 0) is 5.41 Å². The first-order valence-corrected chi connectivity index (χ1v) is 19.7. The second kappa shape index (κ2) is 12.6. The van der Waals surface area contributed by atoms with Crippen molar-refractivity contribution in [2.24, 2.45) is 0 Å². The summed E-state index contributed by atoms with van der Waals surface area (Å²) in [6, 6.07) is 59.5. The number of nitrogens with zero attached hydrogens (tertiary/aromatic N) is 3. The molecule has 2 aliphatic carbocycles. The molecule has 0 amide bonds. The van der Waals surface area contributed by atoms with Gasteiger partial charge < -0.3 is 0 Å². The molecule has 0 aliphatic heterocycles. The first-order chi connectivity index (χ1) is 27.5. The van der Waals surface area contributed by atoms with E-state index < -0.39 is 0 Å². The van der Waals surface area contributed by atoms with Crippen LogP contribution >= 0.6 is 0 Å². The normalized spacial score (nSPS) is 13.8. The zero-order valence-corrected chi connectivity index (χ0v) is 31.5. The molecule has 0 atom stereocenters. The molecule has 0 saturated carbocycles. The summed E-state index contributed by atoms with van der Waals surface area (Å²) in [5, 5.41) is 17.3. The Morgan fingerprint density at radius 3 is 1.73 bits per heavy atom. The summed E-state index contributed by atoms with van der Waals surface area (Å²) in [7, 11) is 0. The fourth-order valence-corrected chi connectivity index (χ4v) is 9.42. The fraction of sp³-hybridized carbons (Fsp3) is 0.0943. The Labute approximate surface area is 326 Å². The molecule has 0 unspecified atom stereocenters. The molecule has 2 aliphatic rings. The van der Waals surface area contributed by atoms with Gasteiger partial charge in [0, 0.05) is 22.2 Å². The standard InChI is InChI=1S/C53H39N3/c1-53(2)47-24-14-13-21-41(47)44-32-45-46(33-48(44)53)49(42-22-11-12-23-43(42)50(45)39-30-25-34-15-9-10-18-38(34)31-39)35-26-28-37(29-27-35)52-55-54-51(36-16-5-3-6-17-36)56(52)40-19-7-4-8-20-40/h3-10,13-33H,11-12H2,1-2H3. The highest BCUT2D eigenvalue weighted by molar-refractivity contribution is 6.09. The number of para-hydroxylation sites is 1. The van der Waals surface area contributed by atoms with Gasteiger partial charge in [-0.1, -0.05) is 159 Å². The van der Waals surface area contributed by atoms with Crippen LogP contribution in [0.15, 0.2) is 164 Å². The smallest absolute Gasteiger partial charge is 0.168 e. The van der Waals surface area contributed by atoms with E-state index in [1.807, 2.05) is 24.3 Å². The van der Waals surface area contributed by atoms with Crippen LogP contribution in [0.25, 0.3) is 95.5 Å². The van der Waals surface area contributed by atoms with Crippen molar-refractivity contribution in [1.29, 1.82) is 0 Å².